The average Bonchev–Trinajstić information content (AvgIpc) is 3.06. The van der Waals surface area contributed by atoms with Crippen LogP contribution in [0.3, 0.4) is 0 Å². The molecule has 0 saturated heterocycles. The number of benzene rings is 3. The maximum Gasteiger partial charge on any atom is 2.00 e. The van der Waals surface area contributed by atoms with E-state index in [2.05, 4.69) is 98.5 Å². The molecular weight excluding hydrogens is 499 g/mol. The molecule has 0 spiro atoms. The van der Waals surface area contributed by atoms with Gasteiger partial charge in [0.25, 0.3) is 0 Å². The minimum Gasteiger partial charge on any atom is -0.358 e. The van der Waals surface area contributed by atoms with Gasteiger partial charge in [0, 0.05) is 8.80 Å². The molecule has 0 heterocycles. The first-order chi connectivity index (χ1) is 11.1. The second-order valence-electron chi connectivity index (χ2n) is 6.40. The second-order valence-corrected chi connectivity index (χ2v) is 9.40. The van der Waals surface area contributed by atoms with E-state index < -0.39 is 0 Å². The Bertz CT molecular complexity index is 905. The third-order valence-electron chi connectivity index (χ3n) is 3.72. The summed E-state index contributed by atoms with van der Waals surface area (Å²) in [6.45, 7) is 6.81. The summed E-state index contributed by atoms with van der Waals surface area (Å²) in [7, 11) is 0.120. The van der Waals surface area contributed by atoms with Crippen molar-refractivity contribution in [3.63, 3.8) is 0 Å². The van der Waals surface area contributed by atoms with Gasteiger partial charge in [0.05, 0.1) is 0 Å². The Labute approximate surface area is 168 Å². The summed E-state index contributed by atoms with van der Waals surface area (Å²) in [4.78, 5) is 0. The number of hydrogen-bond donors (Lipinski definition) is 0. The SMILES string of the molecule is C[Si](C)C.[CH3-].[Pt+2].c1c[cH-]c(-c2cccc3cc4ccccc4cc23)c1. The Hall–Kier alpha value is -1.56. The molecule has 0 aliphatic carbocycles. The molecule has 0 nitrogen and oxygen atoms in total. The number of rotatable bonds is 1. The fourth-order valence-corrected chi connectivity index (χ4v) is 2.77. The Balaban J connectivity index is 0.000000476. The standard InChI is InChI=1S/C19H13.C3H9Si.CH3.Pt/c1-2-7-14(6-1)18-11-5-10-17-12-15-8-3-4-9-16(15)13-19(17)18;1-4(2)3;;/h1-13H;1-3H3;1H3;/q-1;;-1;+2. The molecule has 0 N–H and O–H groups in total. The fourth-order valence-electron chi connectivity index (χ4n) is 2.77. The van der Waals surface area contributed by atoms with Gasteiger partial charge >= 0.3 is 21.1 Å². The van der Waals surface area contributed by atoms with Gasteiger partial charge in [-0.1, -0.05) is 79.1 Å². The van der Waals surface area contributed by atoms with E-state index >= 15 is 0 Å². The van der Waals surface area contributed by atoms with E-state index in [1.807, 2.05) is 0 Å². The van der Waals surface area contributed by atoms with E-state index in [1.165, 1.54) is 32.7 Å². The molecule has 0 saturated carbocycles. The predicted octanol–water partition coefficient (Wildman–Crippen LogP) is 7.20. The van der Waals surface area contributed by atoms with E-state index in [4.69, 9.17) is 0 Å². The van der Waals surface area contributed by atoms with Gasteiger partial charge in [-0.25, -0.2) is 0 Å². The van der Waals surface area contributed by atoms with Crippen molar-refractivity contribution in [1.29, 1.82) is 0 Å². The van der Waals surface area contributed by atoms with Gasteiger partial charge in [0.2, 0.25) is 0 Å². The van der Waals surface area contributed by atoms with E-state index in [0.717, 1.165) is 0 Å². The van der Waals surface area contributed by atoms with Gasteiger partial charge in [-0.15, -0.1) is 11.6 Å². The quantitative estimate of drug-likeness (QED) is 0.140. The monoisotopic (exact) mass is 524 g/mol. The molecule has 0 atom stereocenters. The number of fused-ring (bicyclic) bond motifs is 2. The zero-order chi connectivity index (χ0) is 16.2. The van der Waals surface area contributed by atoms with E-state index in [-0.39, 0.29) is 37.3 Å². The molecule has 4 aromatic carbocycles. The molecule has 0 aliphatic heterocycles. The Morgan fingerprint density at radius 2 is 1.32 bits per heavy atom. The zero-order valence-corrected chi connectivity index (χ0v) is 18.6. The summed E-state index contributed by atoms with van der Waals surface area (Å²) in [6.07, 6.45) is 0. The van der Waals surface area contributed by atoms with Crippen molar-refractivity contribution < 1.29 is 21.1 Å². The Kier molecular flexibility index (Phi) is 8.42. The third kappa shape index (κ3) is 5.20. The molecule has 1 radical (unpaired) electrons. The molecule has 131 valence electrons. The summed E-state index contributed by atoms with van der Waals surface area (Å²) >= 11 is 0. The van der Waals surface area contributed by atoms with Crippen LogP contribution in [0.1, 0.15) is 0 Å². The summed E-state index contributed by atoms with van der Waals surface area (Å²) in [5, 5.41) is 5.23. The zero-order valence-electron chi connectivity index (χ0n) is 15.3. The summed E-state index contributed by atoms with van der Waals surface area (Å²) in [6, 6.07) is 28.2. The minimum absolute atomic E-state index is 0. The van der Waals surface area contributed by atoms with Crippen LogP contribution in [0.5, 0.6) is 0 Å². The summed E-state index contributed by atoms with van der Waals surface area (Å²) in [5.74, 6) is 0. The third-order valence-corrected chi connectivity index (χ3v) is 3.72. The molecule has 25 heavy (non-hydrogen) atoms. The topological polar surface area (TPSA) is 0 Å². The molecule has 0 amide bonds. The second kappa shape index (κ2) is 9.80. The first-order valence-corrected chi connectivity index (χ1v) is 11.1. The molecule has 2 heteroatoms. The maximum atomic E-state index is 2.30. The van der Waals surface area contributed by atoms with Gasteiger partial charge in [-0.05, 0) is 22.2 Å². The smallest absolute Gasteiger partial charge is 0.358 e. The van der Waals surface area contributed by atoms with Crippen molar-refractivity contribution in [3.8, 4) is 11.1 Å². The molecule has 0 aromatic heterocycles. The van der Waals surface area contributed by atoms with Crippen LogP contribution in [0, 0.1) is 7.43 Å². The van der Waals surface area contributed by atoms with Crippen LogP contribution in [0.25, 0.3) is 32.7 Å². The Morgan fingerprint density at radius 1 is 0.720 bits per heavy atom. The van der Waals surface area contributed by atoms with E-state index in [9.17, 15) is 0 Å². The maximum absolute atomic E-state index is 2.30. The molecule has 4 aromatic rings. The van der Waals surface area contributed by atoms with Crippen molar-refractivity contribution in [1.82, 2.24) is 0 Å². The van der Waals surface area contributed by atoms with Crippen LogP contribution in [-0.2, 0) is 21.1 Å². The summed E-state index contributed by atoms with van der Waals surface area (Å²) in [5.41, 5.74) is 2.61. The van der Waals surface area contributed by atoms with Crippen LogP contribution in [0.2, 0.25) is 19.6 Å². The van der Waals surface area contributed by atoms with Crippen molar-refractivity contribution in [2.45, 2.75) is 19.6 Å². The van der Waals surface area contributed by atoms with Crippen LogP contribution in [0.15, 0.2) is 78.9 Å². The van der Waals surface area contributed by atoms with Gasteiger partial charge in [-0.3, -0.25) is 0 Å². The van der Waals surface area contributed by atoms with E-state index in [1.54, 1.807) is 0 Å². The van der Waals surface area contributed by atoms with Crippen molar-refractivity contribution in [2.75, 3.05) is 0 Å². The average molecular weight is 525 g/mol. The molecule has 0 fully saturated rings. The number of hydrogen-bond acceptors (Lipinski definition) is 0. The molecule has 0 aliphatic rings. The predicted molar refractivity (Wildman–Crippen MR) is 112 cm³/mol. The normalized spacial score (nSPS) is 9.92. The first-order valence-electron chi connectivity index (χ1n) is 8.05. The van der Waals surface area contributed by atoms with Crippen LogP contribution >= 0.6 is 0 Å². The van der Waals surface area contributed by atoms with E-state index in [0.29, 0.717) is 0 Å². The minimum atomic E-state index is 0. The van der Waals surface area contributed by atoms with Gasteiger partial charge in [0.1, 0.15) is 0 Å². The molecule has 0 bridgehead atoms. The fraction of sp³-hybridized carbons (Fsp3) is 0.130. The molecule has 4 rings (SSSR count). The molecule has 0 unspecified atom stereocenters. The largest absolute Gasteiger partial charge is 2.00 e. The first kappa shape index (κ1) is 21.5. The Morgan fingerprint density at radius 3 is 1.92 bits per heavy atom. The van der Waals surface area contributed by atoms with Gasteiger partial charge < -0.3 is 7.43 Å². The van der Waals surface area contributed by atoms with Crippen LogP contribution < -0.4 is 0 Å². The van der Waals surface area contributed by atoms with Crippen molar-refractivity contribution in [2.24, 2.45) is 0 Å². The summed E-state index contributed by atoms with van der Waals surface area (Å²) < 4.78 is 0. The van der Waals surface area contributed by atoms with Crippen LogP contribution in [0.4, 0.5) is 0 Å². The van der Waals surface area contributed by atoms with Gasteiger partial charge in [0.15, 0.2) is 0 Å². The van der Waals surface area contributed by atoms with Crippen LogP contribution in [-0.4, -0.2) is 8.80 Å². The molecular formula is C23H25PtSi. The van der Waals surface area contributed by atoms with Crippen molar-refractivity contribution >= 4 is 30.3 Å². The van der Waals surface area contributed by atoms with Gasteiger partial charge in [-0.2, -0.15) is 18.2 Å². The van der Waals surface area contributed by atoms with Crippen molar-refractivity contribution in [3.05, 3.63) is 86.3 Å².